The van der Waals surface area contributed by atoms with Crippen molar-refractivity contribution in [2.75, 3.05) is 6.61 Å². The van der Waals surface area contributed by atoms with Crippen LogP contribution in [0.3, 0.4) is 0 Å². The van der Waals surface area contributed by atoms with Crippen LogP contribution in [0.4, 0.5) is 0 Å². The lowest BCUT2D eigenvalue weighted by Gasteiger charge is -2.30. The van der Waals surface area contributed by atoms with Crippen LogP contribution in [0, 0.1) is 0 Å². The Morgan fingerprint density at radius 3 is 2.26 bits per heavy atom. The van der Waals surface area contributed by atoms with Gasteiger partial charge in [0.25, 0.3) is 5.91 Å². The van der Waals surface area contributed by atoms with Crippen LogP contribution in [0.2, 0.25) is 0 Å². The molecule has 0 unspecified atom stereocenters. The first kappa shape index (κ1) is 22.9. The van der Waals surface area contributed by atoms with E-state index in [1.54, 1.807) is 35.4 Å². The van der Waals surface area contributed by atoms with E-state index in [-0.39, 0.29) is 24.3 Å². The average Bonchev–Trinajstić information content (AvgIpc) is 3.41. The van der Waals surface area contributed by atoms with Crippen molar-refractivity contribution in [3.05, 3.63) is 126 Å². The van der Waals surface area contributed by atoms with Crippen molar-refractivity contribution in [2.24, 2.45) is 5.16 Å². The zero-order chi connectivity index (χ0) is 23.6. The highest BCUT2D eigenvalue weighted by Crippen LogP contribution is 2.28. The van der Waals surface area contributed by atoms with Gasteiger partial charge in [-0.05, 0) is 35.4 Å². The van der Waals surface area contributed by atoms with E-state index in [0.717, 1.165) is 11.1 Å². The van der Waals surface area contributed by atoms with Crippen molar-refractivity contribution in [1.29, 1.82) is 0 Å². The molecule has 4 aromatic rings. The molecule has 0 saturated carbocycles. The van der Waals surface area contributed by atoms with Gasteiger partial charge in [0, 0.05) is 18.5 Å². The highest BCUT2D eigenvalue weighted by Gasteiger charge is 2.28. The van der Waals surface area contributed by atoms with Gasteiger partial charge in [0.15, 0.2) is 6.61 Å². The first-order valence-electron chi connectivity index (χ1n) is 11.0. The third-order valence-electron chi connectivity index (χ3n) is 5.43. The number of furan rings is 1. The molecule has 0 radical (unpaired) electrons. The Balaban J connectivity index is 1.55. The predicted octanol–water partition coefficient (Wildman–Crippen LogP) is 5.35. The van der Waals surface area contributed by atoms with Gasteiger partial charge in [0.2, 0.25) is 0 Å². The summed E-state index contributed by atoms with van der Waals surface area (Å²) in [5.41, 5.74) is 2.60. The molecule has 1 N–H and O–H groups in total. The van der Waals surface area contributed by atoms with Crippen molar-refractivity contribution in [2.45, 2.75) is 19.0 Å². The number of carbonyl (C=O) groups is 1. The molecule has 0 aliphatic carbocycles. The van der Waals surface area contributed by atoms with E-state index >= 15 is 0 Å². The molecular formula is C28H26N2O4. The molecule has 6 heteroatoms. The second-order valence-electron chi connectivity index (χ2n) is 7.79. The molecule has 0 saturated heterocycles. The summed E-state index contributed by atoms with van der Waals surface area (Å²) in [6.45, 7) is 0.146. The van der Waals surface area contributed by atoms with Crippen LogP contribution in [-0.4, -0.2) is 28.7 Å². The largest absolute Gasteiger partial charge is 0.507 e. The second-order valence-corrected chi connectivity index (χ2v) is 7.79. The van der Waals surface area contributed by atoms with Gasteiger partial charge in [-0.1, -0.05) is 78.0 Å². The topological polar surface area (TPSA) is 75.3 Å². The minimum atomic E-state index is -0.323. The van der Waals surface area contributed by atoms with Gasteiger partial charge < -0.3 is 19.3 Å². The molecule has 0 spiro atoms. The highest BCUT2D eigenvalue weighted by atomic mass is 16.6. The quantitative estimate of drug-likeness (QED) is 0.259. The average molecular weight is 455 g/mol. The fourth-order valence-electron chi connectivity index (χ4n) is 3.70. The number of carbonyl (C=O) groups excluding carboxylic acids is 1. The molecule has 6 nitrogen and oxygen atoms in total. The maximum Gasteiger partial charge on any atom is 0.264 e. The first-order valence-corrected chi connectivity index (χ1v) is 11.0. The van der Waals surface area contributed by atoms with Crippen LogP contribution in [0.15, 0.2) is 113 Å². The van der Waals surface area contributed by atoms with E-state index in [1.807, 2.05) is 72.8 Å². The minimum Gasteiger partial charge on any atom is -0.507 e. The van der Waals surface area contributed by atoms with Crippen LogP contribution in [0.25, 0.3) is 0 Å². The molecular weight excluding hydrogens is 428 g/mol. The number of hydrogen-bond acceptors (Lipinski definition) is 5. The molecule has 34 heavy (non-hydrogen) atoms. The number of hydrogen-bond donors (Lipinski definition) is 1. The lowest BCUT2D eigenvalue weighted by molar-refractivity contribution is -0.139. The summed E-state index contributed by atoms with van der Waals surface area (Å²) in [6, 6.07) is 30.0. The summed E-state index contributed by atoms with van der Waals surface area (Å²) in [4.78, 5) is 20.5. The van der Waals surface area contributed by atoms with Crippen LogP contribution in [0.1, 0.15) is 28.5 Å². The van der Waals surface area contributed by atoms with E-state index in [1.165, 1.54) is 6.21 Å². The summed E-state index contributed by atoms with van der Waals surface area (Å²) in [5, 5.41) is 13.7. The van der Waals surface area contributed by atoms with E-state index in [2.05, 4.69) is 5.16 Å². The van der Waals surface area contributed by atoms with Gasteiger partial charge in [-0.25, -0.2) is 0 Å². The van der Waals surface area contributed by atoms with Gasteiger partial charge in [0.05, 0.1) is 18.5 Å². The lowest BCUT2D eigenvalue weighted by Crippen LogP contribution is -2.37. The zero-order valence-electron chi connectivity index (χ0n) is 18.7. The molecule has 3 aromatic carbocycles. The van der Waals surface area contributed by atoms with E-state index in [0.29, 0.717) is 24.3 Å². The molecule has 1 aromatic heterocycles. The summed E-state index contributed by atoms with van der Waals surface area (Å²) < 4.78 is 5.74. The number of benzene rings is 3. The summed E-state index contributed by atoms with van der Waals surface area (Å²) in [5.74, 6) is 0.564. The number of aromatic hydroxyl groups is 1. The number of para-hydroxylation sites is 1. The summed E-state index contributed by atoms with van der Waals surface area (Å²) in [6.07, 6.45) is 3.60. The van der Waals surface area contributed by atoms with Crippen molar-refractivity contribution in [3.63, 3.8) is 0 Å². The van der Waals surface area contributed by atoms with Gasteiger partial charge in [-0.2, -0.15) is 0 Å². The fourth-order valence-corrected chi connectivity index (χ4v) is 3.70. The number of oxime groups is 1. The van der Waals surface area contributed by atoms with E-state index in [4.69, 9.17) is 9.25 Å². The zero-order valence-corrected chi connectivity index (χ0v) is 18.7. The Morgan fingerprint density at radius 1 is 0.912 bits per heavy atom. The van der Waals surface area contributed by atoms with Crippen LogP contribution in [-0.2, 0) is 22.6 Å². The highest BCUT2D eigenvalue weighted by molar-refractivity contribution is 5.83. The Morgan fingerprint density at radius 2 is 1.59 bits per heavy atom. The third-order valence-corrected chi connectivity index (χ3v) is 5.43. The maximum absolute atomic E-state index is 13.4. The monoisotopic (exact) mass is 454 g/mol. The summed E-state index contributed by atoms with van der Waals surface area (Å²) in [7, 11) is 0. The Labute approximate surface area is 198 Å². The van der Waals surface area contributed by atoms with Crippen LogP contribution >= 0.6 is 0 Å². The van der Waals surface area contributed by atoms with Crippen molar-refractivity contribution < 1.29 is 19.2 Å². The number of phenols is 1. The van der Waals surface area contributed by atoms with Crippen LogP contribution in [0.5, 0.6) is 5.75 Å². The van der Waals surface area contributed by atoms with Gasteiger partial charge in [-0.15, -0.1) is 0 Å². The van der Waals surface area contributed by atoms with Crippen molar-refractivity contribution in [1.82, 2.24) is 4.90 Å². The van der Waals surface area contributed by atoms with E-state index in [9.17, 15) is 9.90 Å². The van der Waals surface area contributed by atoms with E-state index < -0.39 is 0 Å². The first-order chi connectivity index (χ1) is 16.7. The molecule has 0 fully saturated rings. The molecule has 1 atom stereocenters. The van der Waals surface area contributed by atoms with Crippen molar-refractivity contribution in [3.8, 4) is 5.75 Å². The van der Waals surface area contributed by atoms with Gasteiger partial charge in [-0.3, -0.25) is 4.79 Å². The van der Waals surface area contributed by atoms with Crippen molar-refractivity contribution >= 4 is 12.1 Å². The third kappa shape index (κ3) is 6.13. The molecule has 4 rings (SSSR count). The smallest absolute Gasteiger partial charge is 0.264 e. The van der Waals surface area contributed by atoms with Crippen LogP contribution < -0.4 is 0 Å². The predicted molar refractivity (Wildman–Crippen MR) is 130 cm³/mol. The molecule has 1 amide bonds. The number of amides is 1. The fraction of sp³-hybridized carbons (Fsp3) is 0.143. The lowest BCUT2D eigenvalue weighted by atomic mass is 10.0. The van der Waals surface area contributed by atoms with Gasteiger partial charge in [0.1, 0.15) is 11.5 Å². The minimum absolute atomic E-state index is 0.0904. The number of rotatable bonds is 10. The SMILES string of the molecule is O=C(CO/N=C/c1ccccc1O)N(Cc1ccccc1)[C@@H](Cc1ccccc1)c1ccco1. The van der Waals surface area contributed by atoms with Gasteiger partial charge >= 0.3 is 0 Å². The number of phenolic OH excluding ortho intramolecular Hbond substituents is 1. The normalized spacial score (nSPS) is 11.9. The Kier molecular flexibility index (Phi) is 7.74. The Bertz CT molecular complexity index is 1190. The molecule has 172 valence electrons. The second kappa shape index (κ2) is 11.5. The molecule has 0 aliphatic heterocycles. The standard InChI is InChI=1S/C28H26N2O4/c31-26-15-8-7-14-24(26)19-29-34-21-28(32)30(20-23-12-5-2-6-13-23)25(27-16-9-17-33-27)18-22-10-3-1-4-11-22/h1-17,19,25,31H,18,20-21H2/b29-19+/t25-/m0/s1. The molecule has 0 bridgehead atoms. The number of nitrogens with zero attached hydrogens (tertiary/aromatic N) is 2. The molecule has 1 heterocycles. The maximum atomic E-state index is 13.4. The summed E-state index contributed by atoms with van der Waals surface area (Å²) >= 11 is 0. The molecule has 0 aliphatic rings. The Hall–Kier alpha value is -4.32.